The van der Waals surface area contributed by atoms with Crippen LogP contribution in [0.1, 0.15) is 32.6 Å². The third-order valence-electron chi connectivity index (χ3n) is 6.46. The van der Waals surface area contributed by atoms with Gasteiger partial charge in [0.15, 0.2) is 0 Å². The van der Waals surface area contributed by atoms with Crippen molar-refractivity contribution in [2.45, 2.75) is 56.4 Å². The zero-order valence-corrected chi connectivity index (χ0v) is 17.5. The van der Waals surface area contributed by atoms with E-state index >= 15 is 4.39 Å². The highest BCUT2D eigenvalue weighted by Crippen LogP contribution is 2.37. The van der Waals surface area contributed by atoms with E-state index in [0.29, 0.717) is 29.4 Å². The Kier molecular flexibility index (Phi) is 4.81. The van der Waals surface area contributed by atoms with Gasteiger partial charge in [0, 0.05) is 43.3 Å². The van der Waals surface area contributed by atoms with Gasteiger partial charge in [-0.2, -0.15) is 0 Å². The van der Waals surface area contributed by atoms with Gasteiger partial charge in [0.2, 0.25) is 5.95 Å². The molecule has 0 spiro atoms. The van der Waals surface area contributed by atoms with E-state index in [2.05, 4.69) is 37.4 Å². The van der Waals surface area contributed by atoms with Crippen LogP contribution in [0.3, 0.4) is 0 Å². The van der Waals surface area contributed by atoms with E-state index in [1.54, 1.807) is 28.2 Å². The number of nitrogens with one attached hydrogen (secondary N) is 1. The number of pyridine rings is 1. The fourth-order valence-corrected chi connectivity index (χ4v) is 4.77. The van der Waals surface area contributed by atoms with Crippen LogP contribution in [-0.2, 0) is 0 Å². The molecule has 0 aliphatic carbocycles. The Balaban J connectivity index is 1.36. The number of nitrogens with zero attached hydrogens (tertiary/aromatic N) is 7. The maximum atomic E-state index is 15.1. The molecule has 3 aromatic heterocycles. The maximum absolute atomic E-state index is 15.1. The van der Waals surface area contributed by atoms with Crippen molar-refractivity contribution < 1.29 is 9.50 Å². The van der Waals surface area contributed by atoms with E-state index in [4.69, 9.17) is 0 Å². The third-order valence-corrected chi connectivity index (χ3v) is 6.46. The second kappa shape index (κ2) is 7.52. The highest BCUT2D eigenvalue weighted by molar-refractivity contribution is 5.66. The number of halogens is 1. The summed E-state index contributed by atoms with van der Waals surface area (Å²) in [5.41, 5.74) is 0.752. The van der Waals surface area contributed by atoms with Crippen LogP contribution in [0.25, 0.3) is 17.1 Å². The lowest BCUT2D eigenvalue weighted by atomic mass is 9.74. The van der Waals surface area contributed by atoms with E-state index in [1.807, 2.05) is 7.05 Å². The van der Waals surface area contributed by atoms with Crippen LogP contribution in [-0.4, -0.2) is 65.7 Å². The lowest BCUT2D eigenvalue weighted by Crippen LogP contribution is -2.66. The molecule has 10 heteroatoms. The van der Waals surface area contributed by atoms with Crippen LogP contribution in [0.5, 0.6) is 5.75 Å². The average Bonchev–Trinajstić information content (AvgIpc) is 3.31. The van der Waals surface area contributed by atoms with Gasteiger partial charge in [-0.1, -0.05) is 0 Å². The molecule has 162 valence electrons. The zero-order valence-electron chi connectivity index (χ0n) is 17.5. The van der Waals surface area contributed by atoms with Crippen molar-refractivity contribution in [3.8, 4) is 22.8 Å². The van der Waals surface area contributed by atoms with Crippen molar-refractivity contribution in [3.63, 3.8) is 0 Å². The molecule has 2 aliphatic heterocycles. The van der Waals surface area contributed by atoms with Crippen molar-refractivity contribution in [1.82, 2.24) is 35.0 Å². The quantitative estimate of drug-likeness (QED) is 0.657. The molecule has 0 aromatic carbocycles. The Bertz CT molecular complexity index is 1060. The summed E-state index contributed by atoms with van der Waals surface area (Å²) in [7, 11) is 1.82. The lowest BCUT2D eigenvalue weighted by molar-refractivity contribution is 0.0605. The van der Waals surface area contributed by atoms with Gasteiger partial charge in [0.25, 0.3) is 0 Å². The molecular weight excluding hydrogens is 399 g/mol. The van der Waals surface area contributed by atoms with Gasteiger partial charge in [-0.15, -0.1) is 10.2 Å². The van der Waals surface area contributed by atoms with Crippen molar-refractivity contribution in [3.05, 3.63) is 37.2 Å². The van der Waals surface area contributed by atoms with Crippen LogP contribution >= 0.6 is 0 Å². The van der Waals surface area contributed by atoms with E-state index in [1.165, 1.54) is 18.5 Å². The van der Waals surface area contributed by atoms with Crippen LogP contribution in [0, 0.1) is 0 Å². The number of hydrogen-bond donors (Lipinski definition) is 2. The molecule has 2 saturated heterocycles. The van der Waals surface area contributed by atoms with Crippen LogP contribution < -0.4 is 10.2 Å². The first kappa shape index (κ1) is 19.8. The summed E-state index contributed by atoms with van der Waals surface area (Å²) in [6.07, 6.45) is 10.7. The van der Waals surface area contributed by atoms with E-state index in [0.717, 1.165) is 19.3 Å². The molecule has 9 nitrogen and oxygen atoms in total. The minimum Gasteiger partial charge on any atom is -0.507 e. The van der Waals surface area contributed by atoms with Gasteiger partial charge < -0.3 is 15.3 Å². The average molecular weight is 424 g/mol. The van der Waals surface area contributed by atoms with E-state index in [-0.39, 0.29) is 23.4 Å². The molecule has 5 rings (SSSR count). The molecule has 2 N–H and O–H groups in total. The first-order chi connectivity index (χ1) is 14.9. The predicted octanol–water partition coefficient (Wildman–Crippen LogP) is 2.27. The summed E-state index contributed by atoms with van der Waals surface area (Å²) in [4.78, 5) is 14.5. The summed E-state index contributed by atoms with van der Waals surface area (Å²) >= 11 is 0. The molecule has 0 radical (unpaired) electrons. The molecule has 3 aromatic rings. The Hall–Kier alpha value is -3.14. The normalized spacial score (nSPS) is 27.8. The van der Waals surface area contributed by atoms with Gasteiger partial charge in [-0.3, -0.25) is 4.57 Å². The molecule has 2 fully saturated rings. The van der Waals surface area contributed by atoms with Crippen molar-refractivity contribution in [2.24, 2.45) is 0 Å². The molecule has 2 bridgehead atoms. The molecule has 2 aliphatic rings. The zero-order chi connectivity index (χ0) is 21.6. The molecule has 4 atom stereocenters. The van der Waals surface area contributed by atoms with Crippen LogP contribution in [0.15, 0.2) is 37.2 Å². The fourth-order valence-electron chi connectivity index (χ4n) is 4.77. The SMILES string of the molecule is CN(c1ncc(-c2cnc(-n3ccnc3)cc2O)nn1)[C@@H]1C[C@@]2(C)CCCC(N2)[C@H]1F. The number of aromatic hydroxyl groups is 1. The number of piperidine rings is 2. The highest BCUT2D eigenvalue weighted by atomic mass is 19.1. The monoisotopic (exact) mass is 424 g/mol. The Labute approximate surface area is 179 Å². The van der Waals surface area contributed by atoms with Crippen LogP contribution in [0.4, 0.5) is 10.3 Å². The minimum atomic E-state index is -0.995. The van der Waals surface area contributed by atoms with E-state index in [9.17, 15) is 5.11 Å². The standard InChI is InChI=1S/C21H25FN8O/c1-21-5-3-4-14(26-21)19(22)16(9-21)29(2)20-25-11-15(27-28-20)13-10-24-18(8-17(13)31)30-7-6-23-12-30/h6-8,10-12,14,16,19,26H,3-5,9H2,1-2H3,(H,24,31)/t14?,16-,19-,21-/m1/s1. The number of anilines is 1. The molecule has 0 amide bonds. The minimum absolute atomic E-state index is 0.0128. The highest BCUT2D eigenvalue weighted by Gasteiger charge is 2.47. The number of hydrogen-bond acceptors (Lipinski definition) is 8. The smallest absolute Gasteiger partial charge is 0.245 e. The van der Waals surface area contributed by atoms with Gasteiger partial charge >= 0.3 is 0 Å². The number of imidazole rings is 1. The fraction of sp³-hybridized carbons (Fsp3) is 0.476. The molecular formula is C21H25FN8O. The number of rotatable bonds is 4. The van der Waals surface area contributed by atoms with Crippen molar-refractivity contribution in [1.29, 1.82) is 0 Å². The van der Waals surface area contributed by atoms with Gasteiger partial charge in [0.1, 0.15) is 29.8 Å². The second-order valence-corrected chi connectivity index (χ2v) is 8.70. The number of alkyl halides is 1. The van der Waals surface area contributed by atoms with E-state index < -0.39 is 6.17 Å². The summed E-state index contributed by atoms with van der Waals surface area (Å²) in [6.45, 7) is 2.16. The first-order valence-corrected chi connectivity index (χ1v) is 10.5. The topological polar surface area (TPSA) is 105 Å². The predicted molar refractivity (Wildman–Crippen MR) is 113 cm³/mol. The number of fused-ring (bicyclic) bond motifs is 2. The van der Waals surface area contributed by atoms with Crippen LogP contribution in [0.2, 0.25) is 0 Å². The summed E-state index contributed by atoms with van der Waals surface area (Å²) in [5.74, 6) is 0.913. The second-order valence-electron chi connectivity index (χ2n) is 8.70. The third kappa shape index (κ3) is 3.60. The van der Waals surface area contributed by atoms with Crippen molar-refractivity contribution in [2.75, 3.05) is 11.9 Å². The summed E-state index contributed by atoms with van der Waals surface area (Å²) < 4.78 is 16.8. The van der Waals surface area contributed by atoms with Crippen molar-refractivity contribution >= 4 is 5.95 Å². The largest absolute Gasteiger partial charge is 0.507 e. The Morgan fingerprint density at radius 3 is 2.87 bits per heavy atom. The molecule has 31 heavy (non-hydrogen) atoms. The molecule has 0 saturated carbocycles. The van der Waals surface area contributed by atoms with Gasteiger partial charge in [-0.05, 0) is 32.6 Å². The molecule has 1 unspecified atom stereocenters. The van der Waals surface area contributed by atoms with Gasteiger partial charge in [-0.25, -0.2) is 19.3 Å². The molecule has 5 heterocycles. The first-order valence-electron chi connectivity index (χ1n) is 10.5. The van der Waals surface area contributed by atoms with Gasteiger partial charge in [0.05, 0.1) is 17.8 Å². The Morgan fingerprint density at radius 1 is 1.29 bits per heavy atom. The number of aromatic nitrogens is 6. The maximum Gasteiger partial charge on any atom is 0.245 e. The lowest BCUT2D eigenvalue weighted by Gasteiger charge is -2.51. The summed E-state index contributed by atoms with van der Waals surface area (Å²) in [6, 6.07) is 1.08. The Morgan fingerprint density at radius 2 is 2.16 bits per heavy atom. The summed E-state index contributed by atoms with van der Waals surface area (Å²) in [5, 5.41) is 22.4.